The molecule has 2 rings (SSSR count). The van der Waals surface area contributed by atoms with Gasteiger partial charge in [0, 0.05) is 5.56 Å². The molecule has 0 radical (unpaired) electrons. The highest BCUT2D eigenvalue weighted by molar-refractivity contribution is 7.80. The van der Waals surface area contributed by atoms with Crippen LogP contribution in [-0.2, 0) is 0 Å². The summed E-state index contributed by atoms with van der Waals surface area (Å²) in [6.45, 7) is 3.89. The summed E-state index contributed by atoms with van der Waals surface area (Å²) < 4.78 is 10.8. The lowest BCUT2D eigenvalue weighted by molar-refractivity contribution is 0.0977. The molecule has 24 heavy (non-hydrogen) atoms. The number of ether oxygens (including phenoxy) is 2. The van der Waals surface area contributed by atoms with Crippen LogP contribution in [0.3, 0.4) is 0 Å². The van der Waals surface area contributed by atoms with Crippen molar-refractivity contribution in [3.05, 3.63) is 54.1 Å². The van der Waals surface area contributed by atoms with Crippen molar-refractivity contribution in [2.24, 2.45) is 0 Å². The summed E-state index contributed by atoms with van der Waals surface area (Å²) in [6, 6.07) is 14.2. The molecule has 0 spiro atoms. The SMILES string of the molecule is COc1ccc(C(=O)NC(=S)Nc2ccccc2OC(C)C)cc1. The topological polar surface area (TPSA) is 59.6 Å². The minimum absolute atomic E-state index is 0.0374. The molecule has 5 nitrogen and oxygen atoms in total. The Balaban J connectivity index is 2.01. The third kappa shape index (κ3) is 4.96. The third-order valence-electron chi connectivity index (χ3n) is 3.08. The van der Waals surface area contributed by atoms with Crippen LogP contribution in [0.1, 0.15) is 24.2 Å². The lowest BCUT2D eigenvalue weighted by Crippen LogP contribution is -2.34. The van der Waals surface area contributed by atoms with Crippen molar-refractivity contribution < 1.29 is 14.3 Å². The number of rotatable bonds is 5. The highest BCUT2D eigenvalue weighted by atomic mass is 32.1. The number of thiocarbonyl (C=S) groups is 1. The fraction of sp³-hybridized carbons (Fsp3) is 0.222. The van der Waals surface area contributed by atoms with Crippen LogP contribution in [0, 0.1) is 0 Å². The molecule has 0 atom stereocenters. The largest absolute Gasteiger partial charge is 0.497 e. The number of hydrogen-bond acceptors (Lipinski definition) is 4. The average molecular weight is 344 g/mol. The second kappa shape index (κ2) is 8.31. The number of amides is 1. The van der Waals surface area contributed by atoms with Crippen LogP contribution < -0.4 is 20.1 Å². The van der Waals surface area contributed by atoms with Crippen molar-refractivity contribution in [3.8, 4) is 11.5 Å². The van der Waals surface area contributed by atoms with Gasteiger partial charge in [-0.25, -0.2) is 0 Å². The van der Waals surface area contributed by atoms with E-state index in [4.69, 9.17) is 21.7 Å². The van der Waals surface area contributed by atoms with E-state index in [9.17, 15) is 4.79 Å². The Bertz CT molecular complexity index is 714. The van der Waals surface area contributed by atoms with Gasteiger partial charge in [-0.05, 0) is 62.5 Å². The molecule has 0 heterocycles. The van der Waals surface area contributed by atoms with Gasteiger partial charge >= 0.3 is 0 Å². The molecule has 0 saturated carbocycles. The zero-order chi connectivity index (χ0) is 17.5. The molecule has 0 aliphatic heterocycles. The van der Waals surface area contributed by atoms with Gasteiger partial charge in [0.15, 0.2) is 5.11 Å². The van der Waals surface area contributed by atoms with Gasteiger partial charge in [0.25, 0.3) is 5.91 Å². The van der Waals surface area contributed by atoms with Gasteiger partial charge in [-0.3, -0.25) is 10.1 Å². The molecule has 0 aromatic heterocycles. The van der Waals surface area contributed by atoms with Crippen LogP contribution in [0.15, 0.2) is 48.5 Å². The number of methoxy groups -OCH3 is 1. The molecule has 0 bridgehead atoms. The van der Waals surface area contributed by atoms with Crippen molar-refractivity contribution in [3.63, 3.8) is 0 Å². The predicted molar refractivity (Wildman–Crippen MR) is 98.9 cm³/mol. The van der Waals surface area contributed by atoms with Crippen LogP contribution in [0.25, 0.3) is 0 Å². The number of carbonyl (C=O) groups excluding carboxylic acids is 1. The number of benzene rings is 2. The Morgan fingerprint density at radius 3 is 2.38 bits per heavy atom. The third-order valence-corrected chi connectivity index (χ3v) is 3.28. The maximum Gasteiger partial charge on any atom is 0.257 e. The Labute approximate surface area is 147 Å². The van der Waals surface area contributed by atoms with E-state index < -0.39 is 0 Å². The van der Waals surface area contributed by atoms with E-state index in [1.807, 2.05) is 38.1 Å². The van der Waals surface area contributed by atoms with E-state index in [2.05, 4.69) is 10.6 Å². The summed E-state index contributed by atoms with van der Waals surface area (Å²) in [5, 5.41) is 5.84. The van der Waals surface area contributed by atoms with E-state index in [-0.39, 0.29) is 17.1 Å². The standard InChI is InChI=1S/C18H20N2O3S/c1-12(2)23-16-7-5-4-6-15(16)19-18(24)20-17(21)13-8-10-14(22-3)11-9-13/h4-12H,1-3H3,(H2,19,20,21,24). The molecule has 0 fully saturated rings. The second-order valence-corrected chi connectivity index (χ2v) is 5.71. The van der Waals surface area contributed by atoms with Crippen molar-refractivity contribution in [2.45, 2.75) is 20.0 Å². The van der Waals surface area contributed by atoms with Crippen LogP contribution >= 0.6 is 12.2 Å². The van der Waals surface area contributed by atoms with E-state index in [0.29, 0.717) is 22.7 Å². The van der Waals surface area contributed by atoms with Gasteiger partial charge in [0.2, 0.25) is 0 Å². The number of anilines is 1. The Hall–Kier alpha value is -2.60. The minimum Gasteiger partial charge on any atom is -0.497 e. The molecule has 0 saturated heterocycles. The quantitative estimate of drug-likeness (QED) is 0.812. The van der Waals surface area contributed by atoms with Gasteiger partial charge in [0.1, 0.15) is 11.5 Å². The molecule has 2 aromatic rings. The van der Waals surface area contributed by atoms with Crippen molar-refractivity contribution in [1.82, 2.24) is 5.32 Å². The minimum atomic E-state index is -0.294. The Kier molecular flexibility index (Phi) is 6.14. The first-order valence-corrected chi connectivity index (χ1v) is 7.92. The van der Waals surface area contributed by atoms with Gasteiger partial charge in [-0.2, -0.15) is 0 Å². The summed E-state index contributed by atoms with van der Waals surface area (Å²) in [4.78, 5) is 12.2. The zero-order valence-electron chi connectivity index (χ0n) is 13.8. The lowest BCUT2D eigenvalue weighted by atomic mass is 10.2. The van der Waals surface area contributed by atoms with Crippen molar-refractivity contribution >= 4 is 28.9 Å². The molecule has 2 N–H and O–H groups in total. The molecule has 2 aromatic carbocycles. The first-order chi connectivity index (χ1) is 11.5. The summed E-state index contributed by atoms with van der Waals surface area (Å²) in [7, 11) is 1.57. The second-order valence-electron chi connectivity index (χ2n) is 5.30. The Morgan fingerprint density at radius 1 is 1.08 bits per heavy atom. The smallest absolute Gasteiger partial charge is 0.257 e. The number of hydrogen-bond donors (Lipinski definition) is 2. The molecule has 0 aliphatic rings. The van der Waals surface area contributed by atoms with Crippen LogP contribution in [0.4, 0.5) is 5.69 Å². The van der Waals surface area contributed by atoms with E-state index in [0.717, 1.165) is 0 Å². The molecular formula is C18H20N2O3S. The summed E-state index contributed by atoms with van der Waals surface area (Å²) >= 11 is 5.21. The van der Waals surface area contributed by atoms with Gasteiger partial charge < -0.3 is 14.8 Å². The molecule has 0 unspecified atom stereocenters. The maximum absolute atomic E-state index is 12.2. The number of carbonyl (C=O) groups is 1. The van der Waals surface area contributed by atoms with E-state index in [1.54, 1.807) is 31.4 Å². The summed E-state index contributed by atoms with van der Waals surface area (Å²) in [5.74, 6) is 1.07. The van der Waals surface area contributed by atoms with Gasteiger partial charge in [0.05, 0.1) is 18.9 Å². The monoisotopic (exact) mass is 344 g/mol. The molecular weight excluding hydrogens is 324 g/mol. The Morgan fingerprint density at radius 2 is 1.75 bits per heavy atom. The van der Waals surface area contributed by atoms with Crippen LogP contribution in [0.5, 0.6) is 11.5 Å². The number of nitrogens with one attached hydrogen (secondary N) is 2. The lowest BCUT2D eigenvalue weighted by Gasteiger charge is -2.16. The van der Waals surface area contributed by atoms with Crippen molar-refractivity contribution in [2.75, 3.05) is 12.4 Å². The van der Waals surface area contributed by atoms with Gasteiger partial charge in [-0.1, -0.05) is 12.1 Å². The molecule has 0 aliphatic carbocycles. The van der Waals surface area contributed by atoms with E-state index in [1.165, 1.54) is 0 Å². The highest BCUT2D eigenvalue weighted by Gasteiger charge is 2.10. The zero-order valence-corrected chi connectivity index (χ0v) is 14.6. The van der Waals surface area contributed by atoms with Crippen molar-refractivity contribution in [1.29, 1.82) is 0 Å². The fourth-order valence-corrected chi connectivity index (χ4v) is 2.20. The normalized spacial score (nSPS) is 10.2. The maximum atomic E-state index is 12.2. The number of para-hydroxylation sites is 2. The molecule has 126 valence electrons. The fourth-order valence-electron chi connectivity index (χ4n) is 2.00. The van der Waals surface area contributed by atoms with Crippen LogP contribution in [0.2, 0.25) is 0 Å². The average Bonchev–Trinajstić information content (AvgIpc) is 2.56. The first-order valence-electron chi connectivity index (χ1n) is 7.51. The van der Waals surface area contributed by atoms with E-state index >= 15 is 0 Å². The van der Waals surface area contributed by atoms with Gasteiger partial charge in [-0.15, -0.1) is 0 Å². The molecule has 6 heteroatoms. The summed E-state index contributed by atoms with van der Waals surface area (Å²) in [6.07, 6.45) is 0.0374. The van der Waals surface area contributed by atoms with Crippen LogP contribution in [-0.4, -0.2) is 24.2 Å². The molecule has 1 amide bonds. The predicted octanol–water partition coefficient (Wildman–Crippen LogP) is 3.61. The summed E-state index contributed by atoms with van der Waals surface area (Å²) in [5.41, 5.74) is 1.19. The first kappa shape index (κ1) is 17.7. The highest BCUT2D eigenvalue weighted by Crippen LogP contribution is 2.24.